The summed E-state index contributed by atoms with van der Waals surface area (Å²) in [5.74, 6) is -0.777. The van der Waals surface area contributed by atoms with Crippen LogP contribution >= 0.6 is 0 Å². The molecular formula is C19H16F3N6O4S+. The van der Waals surface area contributed by atoms with Crippen molar-refractivity contribution in [2.75, 3.05) is 24.7 Å². The van der Waals surface area contributed by atoms with E-state index in [9.17, 15) is 31.2 Å². The van der Waals surface area contributed by atoms with Crippen molar-refractivity contribution >= 4 is 27.5 Å². The third-order valence-electron chi connectivity index (χ3n) is 6.42. The molecule has 10 nitrogen and oxygen atoms in total. The number of anilines is 1. The third-order valence-corrected chi connectivity index (χ3v) is 8.46. The predicted molar refractivity (Wildman–Crippen MR) is 104 cm³/mol. The summed E-state index contributed by atoms with van der Waals surface area (Å²) in [5, 5.41) is 7.44. The number of sulfone groups is 1. The molecule has 2 aromatic rings. The van der Waals surface area contributed by atoms with Crippen LogP contribution in [0.15, 0.2) is 35.7 Å². The first-order valence-corrected chi connectivity index (χ1v) is 11.3. The minimum absolute atomic E-state index is 0.0105. The number of rotatable bonds is 3. The van der Waals surface area contributed by atoms with Crippen molar-refractivity contribution in [2.24, 2.45) is 7.05 Å². The van der Waals surface area contributed by atoms with Gasteiger partial charge in [0.1, 0.15) is 6.67 Å². The lowest BCUT2D eigenvalue weighted by molar-refractivity contribution is -0.848. The Morgan fingerprint density at radius 1 is 1.24 bits per heavy atom. The van der Waals surface area contributed by atoms with Crippen molar-refractivity contribution in [3.05, 3.63) is 41.9 Å². The molecule has 3 amide bonds. The van der Waals surface area contributed by atoms with Gasteiger partial charge < -0.3 is 4.57 Å². The molecule has 1 aromatic carbocycles. The number of benzene rings is 1. The van der Waals surface area contributed by atoms with Crippen LogP contribution in [-0.2, 0) is 27.9 Å². The normalized spacial score (nSPS) is 28.9. The van der Waals surface area contributed by atoms with Crippen molar-refractivity contribution in [3.63, 3.8) is 0 Å². The van der Waals surface area contributed by atoms with E-state index in [4.69, 9.17) is 5.26 Å². The fourth-order valence-corrected chi connectivity index (χ4v) is 6.94. The van der Waals surface area contributed by atoms with E-state index in [0.717, 1.165) is 12.1 Å². The quantitative estimate of drug-likeness (QED) is 0.475. The van der Waals surface area contributed by atoms with Gasteiger partial charge in [-0.25, -0.2) is 23.1 Å². The number of aryl methyl sites for hydroxylation is 1. The highest BCUT2D eigenvalue weighted by Gasteiger charge is 2.75. The highest BCUT2D eigenvalue weighted by atomic mass is 32.2. The van der Waals surface area contributed by atoms with Crippen molar-refractivity contribution in [1.82, 2.24) is 14.5 Å². The molecule has 3 aliphatic rings. The molecule has 3 aliphatic heterocycles. The monoisotopic (exact) mass is 481 g/mol. The zero-order valence-corrected chi connectivity index (χ0v) is 17.8. The highest BCUT2D eigenvalue weighted by Crippen LogP contribution is 2.46. The van der Waals surface area contributed by atoms with Gasteiger partial charge in [0, 0.05) is 13.2 Å². The molecule has 0 saturated carbocycles. The first-order valence-electron chi connectivity index (χ1n) is 9.72. The Balaban J connectivity index is 1.61. The van der Waals surface area contributed by atoms with E-state index >= 15 is 0 Å². The van der Waals surface area contributed by atoms with E-state index in [1.807, 2.05) is 0 Å². The van der Waals surface area contributed by atoms with Crippen LogP contribution in [0.4, 0.5) is 23.7 Å². The Labute approximate surface area is 185 Å². The van der Waals surface area contributed by atoms with Gasteiger partial charge in [-0.2, -0.15) is 27.8 Å². The maximum atomic E-state index is 13.6. The van der Waals surface area contributed by atoms with E-state index < -0.39 is 55.0 Å². The Hall–Kier alpha value is -3.28. The zero-order valence-electron chi connectivity index (χ0n) is 17.0. The minimum Gasteiger partial charge on any atom is -0.339 e. The molecule has 3 saturated heterocycles. The number of hydrogen-bond donors (Lipinski definition) is 0. The second-order valence-corrected chi connectivity index (χ2v) is 10.3. The maximum absolute atomic E-state index is 13.6. The van der Waals surface area contributed by atoms with Crippen LogP contribution in [0, 0.1) is 11.3 Å². The molecule has 14 heteroatoms. The number of hydrogen-bond acceptors (Lipinski definition) is 7. The number of carbonyl (C=O) groups is 2. The lowest BCUT2D eigenvalue weighted by Gasteiger charge is -2.32. The molecular weight excluding hydrogens is 465 g/mol. The molecule has 1 aromatic heterocycles. The second-order valence-electron chi connectivity index (χ2n) is 8.30. The van der Waals surface area contributed by atoms with E-state index in [2.05, 4.69) is 4.98 Å². The molecule has 5 rings (SSSR count). The summed E-state index contributed by atoms with van der Waals surface area (Å²) in [4.78, 5) is 33.0. The van der Waals surface area contributed by atoms with E-state index in [1.165, 1.54) is 23.2 Å². The second kappa shape index (κ2) is 6.62. The Bertz CT molecular complexity index is 1360. The van der Waals surface area contributed by atoms with Crippen molar-refractivity contribution in [1.29, 1.82) is 5.26 Å². The number of nitriles is 1. The number of imidazole rings is 1. The summed E-state index contributed by atoms with van der Waals surface area (Å²) >= 11 is 0. The van der Waals surface area contributed by atoms with Crippen LogP contribution in [0.5, 0.6) is 0 Å². The van der Waals surface area contributed by atoms with Crippen molar-refractivity contribution in [3.8, 4) is 6.07 Å². The molecule has 1 spiro atoms. The van der Waals surface area contributed by atoms with Crippen LogP contribution < -0.4 is 4.90 Å². The number of alkyl halides is 3. The fourth-order valence-electron chi connectivity index (χ4n) is 4.95. The van der Waals surface area contributed by atoms with Gasteiger partial charge in [-0.3, -0.25) is 4.79 Å². The molecule has 2 bridgehead atoms. The Morgan fingerprint density at radius 3 is 2.58 bits per heavy atom. The number of quaternary nitrogens is 1. The number of nitrogens with zero attached hydrogens (tertiary/aromatic N) is 6. The van der Waals surface area contributed by atoms with Crippen molar-refractivity contribution in [2.45, 2.75) is 22.6 Å². The van der Waals surface area contributed by atoms with E-state index in [1.54, 1.807) is 11.9 Å². The predicted octanol–water partition coefficient (Wildman–Crippen LogP) is 1.05. The molecule has 4 atom stereocenters. The van der Waals surface area contributed by atoms with E-state index in [0.29, 0.717) is 11.0 Å². The van der Waals surface area contributed by atoms with Gasteiger partial charge in [-0.15, -0.1) is 0 Å². The smallest absolute Gasteiger partial charge is 0.339 e. The summed E-state index contributed by atoms with van der Waals surface area (Å²) in [5.41, 5.74) is -2.29. The van der Waals surface area contributed by atoms with Gasteiger partial charge >= 0.3 is 12.2 Å². The average molecular weight is 481 g/mol. The summed E-state index contributed by atoms with van der Waals surface area (Å²) in [6.45, 7) is 0.0477. The minimum atomic E-state index is -4.88. The van der Waals surface area contributed by atoms with Gasteiger partial charge in [-0.05, 0) is 18.2 Å². The lowest BCUT2D eigenvalue weighted by atomic mass is 10.1. The van der Waals surface area contributed by atoms with E-state index in [-0.39, 0.29) is 30.5 Å². The van der Waals surface area contributed by atoms with Crippen LogP contribution in [0.2, 0.25) is 0 Å². The van der Waals surface area contributed by atoms with Crippen LogP contribution in [0.1, 0.15) is 11.1 Å². The molecule has 4 heterocycles. The van der Waals surface area contributed by atoms with Crippen LogP contribution in [0.25, 0.3) is 0 Å². The maximum Gasteiger partial charge on any atom is 0.433 e. The molecule has 0 aliphatic carbocycles. The van der Waals surface area contributed by atoms with Crippen LogP contribution in [0.3, 0.4) is 0 Å². The number of urea groups is 1. The molecule has 172 valence electrons. The van der Waals surface area contributed by atoms with Gasteiger partial charge in [0.25, 0.3) is 15.7 Å². The molecule has 3 fully saturated rings. The van der Waals surface area contributed by atoms with Gasteiger partial charge in [0.15, 0.2) is 11.1 Å². The molecule has 0 radical (unpaired) electrons. The average Bonchev–Trinajstić information content (AvgIpc) is 3.49. The highest BCUT2D eigenvalue weighted by molar-refractivity contribution is 7.91. The Kier molecular flexibility index (Phi) is 4.33. The number of halogens is 3. The number of fused-ring (bicyclic) bond motifs is 1. The summed E-state index contributed by atoms with van der Waals surface area (Å²) in [7, 11) is -2.56. The van der Waals surface area contributed by atoms with Gasteiger partial charge in [0.05, 0.1) is 42.3 Å². The third kappa shape index (κ3) is 2.79. The number of aromatic nitrogens is 2. The standard InChI is InChI=1S/C19H16F3N6O4S/c1-25-7-15(24-9-25)33(31,32)16-8-26-6-14-17(29)27(18(30)28(14,16)10-26)12-3-2-11(5-23)13(4-12)19(20,21)22/h2-4,7,9,14,16H,6,8,10H2,1H3/q+1. The zero-order chi connectivity index (χ0) is 23.9. The Morgan fingerprint density at radius 2 is 1.97 bits per heavy atom. The largest absolute Gasteiger partial charge is 0.433 e. The number of imide groups is 1. The van der Waals surface area contributed by atoms with Crippen molar-refractivity contribution < 1.29 is 35.7 Å². The summed E-state index contributed by atoms with van der Waals surface area (Å²) in [6.07, 6.45) is -2.29. The fraction of sp³-hybridized carbons (Fsp3) is 0.368. The number of piperazine rings is 1. The molecule has 0 N–H and O–H groups in total. The first kappa shape index (κ1) is 21.6. The first-order chi connectivity index (χ1) is 15.4. The molecule has 33 heavy (non-hydrogen) atoms. The molecule has 3 unspecified atom stereocenters. The number of amides is 3. The summed E-state index contributed by atoms with van der Waals surface area (Å²) in [6, 6.07) is 2.02. The van der Waals surface area contributed by atoms with Crippen LogP contribution in [-0.4, -0.2) is 70.5 Å². The van der Waals surface area contributed by atoms with Gasteiger partial charge in [-0.1, -0.05) is 0 Å². The van der Waals surface area contributed by atoms with Gasteiger partial charge in [0.2, 0.25) is 5.37 Å². The lowest BCUT2D eigenvalue weighted by Crippen LogP contribution is -2.62. The summed E-state index contributed by atoms with van der Waals surface area (Å²) < 4.78 is 67.7. The topological polar surface area (TPSA) is 116 Å². The number of carbonyl (C=O) groups excluding carboxylic acids is 2. The SMILES string of the molecule is Cn1cnc(S(=O)(=O)C2C[N@]3CC4C(=O)N(c5ccc(C#N)c(C(F)(F)F)c5)C(=O)[N+]42C3)c1.